The number of H-pyrrole nitrogens is 1. The number of fused-ring (bicyclic) bond motifs is 1. The molecule has 8 nitrogen and oxygen atoms in total. The summed E-state index contributed by atoms with van der Waals surface area (Å²) in [6.45, 7) is 0.319. The van der Waals surface area contributed by atoms with Crippen LogP contribution in [0.5, 0.6) is 0 Å². The van der Waals surface area contributed by atoms with Gasteiger partial charge in [0.05, 0.1) is 12.7 Å². The van der Waals surface area contributed by atoms with Crippen molar-refractivity contribution in [3.8, 4) is 0 Å². The minimum absolute atomic E-state index is 0.239. The van der Waals surface area contributed by atoms with Crippen molar-refractivity contribution in [1.82, 2.24) is 20.3 Å². The highest BCUT2D eigenvalue weighted by molar-refractivity contribution is 6.07. The second kappa shape index (κ2) is 2.56. The van der Waals surface area contributed by atoms with Crippen molar-refractivity contribution in [2.75, 3.05) is 10.6 Å². The lowest BCUT2D eigenvalue weighted by Crippen LogP contribution is -2.24. The maximum atomic E-state index is 11.7. The van der Waals surface area contributed by atoms with Gasteiger partial charge in [-0.3, -0.25) is 9.69 Å². The minimum atomic E-state index is -0.269. The third kappa shape index (κ3) is 1.01. The van der Waals surface area contributed by atoms with Gasteiger partial charge in [0.15, 0.2) is 11.6 Å². The predicted octanol–water partition coefficient (Wildman–Crippen LogP) is -0.465. The first-order valence-electron chi connectivity index (χ1n) is 4.19. The first kappa shape index (κ1) is 7.97. The lowest BCUT2D eigenvalue weighted by molar-refractivity contribution is 0.0984. The normalized spacial score (nSPS) is 14.7. The van der Waals surface area contributed by atoms with Gasteiger partial charge in [0.2, 0.25) is 0 Å². The number of hydrogen-bond acceptors (Lipinski definition) is 6. The van der Waals surface area contributed by atoms with Gasteiger partial charge in [-0.25, -0.2) is 9.61 Å². The summed E-state index contributed by atoms with van der Waals surface area (Å²) in [5, 5.41) is 7.13. The summed E-state index contributed by atoms with van der Waals surface area (Å²) in [5.41, 5.74) is 6.18. The van der Waals surface area contributed by atoms with Crippen molar-refractivity contribution >= 4 is 17.7 Å². The van der Waals surface area contributed by atoms with Gasteiger partial charge in [0.1, 0.15) is 11.5 Å². The molecule has 0 fully saturated rings. The predicted molar refractivity (Wildman–Crippen MR) is 47.8 cm³/mol. The van der Waals surface area contributed by atoms with Crippen LogP contribution in [0.2, 0.25) is 0 Å². The number of nitrogens with one attached hydrogen (secondary N) is 1. The highest BCUT2D eigenvalue weighted by Crippen LogP contribution is 2.24. The molecular weight excluding hydrogens is 200 g/mol. The van der Waals surface area contributed by atoms with E-state index in [9.17, 15) is 4.79 Å². The van der Waals surface area contributed by atoms with Gasteiger partial charge in [-0.2, -0.15) is 0 Å². The molecule has 0 aromatic carbocycles. The number of amides is 1. The number of nitrogen functional groups attached to an aromatic ring is 1. The first-order valence-corrected chi connectivity index (χ1v) is 4.19. The molecule has 0 saturated heterocycles. The molecule has 8 heteroatoms. The average molecular weight is 206 g/mol. The summed E-state index contributed by atoms with van der Waals surface area (Å²) in [6.07, 6.45) is 1.48. The zero-order valence-electron chi connectivity index (χ0n) is 7.47. The lowest BCUT2D eigenvalue weighted by Gasteiger charge is -2.10. The Hall–Kier alpha value is -2.38. The molecule has 3 heterocycles. The minimum Gasteiger partial charge on any atom is -0.369 e. The fourth-order valence-electron chi connectivity index (χ4n) is 1.48. The number of imidazole rings is 1. The van der Waals surface area contributed by atoms with E-state index in [4.69, 9.17) is 5.73 Å². The smallest absolute Gasteiger partial charge is 0.284 e. The van der Waals surface area contributed by atoms with E-state index < -0.39 is 0 Å². The quantitative estimate of drug-likeness (QED) is 0.652. The fourth-order valence-corrected chi connectivity index (χ4v) is 1.48. The molecule has 0 aliphatic carbocycles. The number of nitrogens with two attached hydrogens (primary N) is 1. The van der Waals surface area contributed by atoms with E-state index >= 15 is 0 Å². The monoisotopic (exact) mass is 206 g/mol. The van der Waals surface area contributed by atoms with Crippen LogP contribution in [0.3, 0.4) is 0 Å². The zero-order valence-corrected chi connectivity index (χ0v) is 7.47. The summed E-state index contributed by atoms with van der Waals surface area (Å²) in [6, 6.07) is 0. The number of hydrogen-bond donors (Lipinski definition) is 2. The molecule has 2 aromatic rings. The molecule has 3 rings (SSSR count). The third-order valence-electron chi connectivity index (χ3n) is 2.18. The Kier molecular flexibility index (Phi) is 1.36. The lowest BCUT2D eigenvalue weighted by atomic mass is 10.4. The van der Waals surface area contributed by atoms with Crippen LogP contribution < -0.4 is 10.6 Å². The van der Waals surface area contributed by atoms with Crippen molar-refractivity contribution < 1.29 is 9.42 Å². The highest BCUT2D eigenvalue weighted by atomic mass is 16.6. The van der Waals surface area contributed by atoms with E-state index in [-0.39, 0.29) is 17.5 Å². The standard InChI is InChI=1S/C7H6N6O2/c8-7-9-1-4(10-7)13-2-3-5(6(13)14)12-15-11-3/h1H,2H2,(H3,8,9,10). The van der Waals surface area contributed by atoms with Crippen LogP contribution in [0.15, 0.2) is 10.8 Å². The molecule has 76 valence electrons. The molecule has 0 saturated carbocycles. The maximum absolute atomic E-state index is 11.7. The van der Waals surface area contributed by atoms with Crippen LogP contribution in [0.4, 0.5) is 11.8 Å². The molecule has 2 aromatic heterocycles. The number of rotatable bonds is 1. The van der Waals surface area contributed by atoms with E-state index in [1.54, 1.807) is 0 Å². The van der Waals surface area contributed by atoms with Crippen LogP contribution in [-0.4, -0.2) is 26.2 Å². The van der Waals surface area contributed by atoms with Crippen molar-refractivity contribution in [2.24, 2.45) is 0 Å². The van der Waals surface area contributed by atoms with Crippen LogP contribution in [0, 0.1) is 0 Å². The number of aromatic amines is 1. The van der Waals surface area contributed by atoms with Crippen molar-refractivity contribution in [2.45, 2.75) is 6.54 Å². The Morgan fingerprint density at radius 2 is 2.40 bits per heavy atom. The molecule has 1 aliphatic rings. The van der Waals surface area contributed by atoms with Crippen LogP contribution in [0.25, 0.3) is 0 Å². The number of aromatic nitrogens is 4. The number of anilines is 2. The molecule has 3 N–H and O–H groups in total. The van der Waals surface area contributed by atoms with Gasteiger partial charge in [0, 0.05) is 0 Å². The van der Waals surface area contributed by atoms with Crippen LogP contribution in [0.1, 0.15) is 16.2 Å². The fraction of sp³-hybridized carbons (Fsp3) is 0.143. The summed E-state index contributed by atoms with van der Waals surface area (Å²) in [7, 11) is 0. The summed E-state index contributed by atoms with van der Waals surface area (Å²) in [5.74, 6) is 0.516. The summed E-state index contributed by atoms with van der Waals surface area (Å²) in [4.78, 5) is 19.8. The Balaban J connectivity index is 1.99. The maximum Gasteiger partial charge on any atom is 0.284 e. The molecule has 15 heavy (non-hydrogen) atoms. The third-order valence-corrected chi connectivity index (χ3v) is 2.18. The van der Waals surface area contributed by atoms with Gasteiger partial charge in [-0.15, -0.1) is 0 Å². The Bertz CT molecular complexity index is 529. The number of carbonyl (C=O) groups excluding carboxylic acids is 1. The highest BCUT2D eigenvalue weighted by Gasteiger charge is 2.34. The van der Waals surface area contributed by atoms with Gasteiger partial charge < -0.3 is 10.7 Å². The largest absolute Gasteiger partial charge is 0.369 e. The van der Waals surface area contributed by atoms with Gasteiger partial charge in [-0.05, 0) is 5.16 Å². The molecule has 0 unspecified atom stereocenters. The Morgan fingerprint density at radius 1 is 1.53 bits per heavy atom. The van der Waals surface area contributed by atoms with E-state index in [0.717, 1.165) is 0 Å². The molecule has 1 aliphatic heterocycles. The zero-order chi connectivity index (χ0) is 10.4. The molecule has 0 spiro atoms. The van der Waals surface area contributed by atoms with Crippen molar-refractivity contribution in [3.63, 3.8) is 0 Å². The number of carbonyl (C=O) groups is 1. The average Bonchev–Trinajstić information content (AvgIpc) is 2.84. The van der Waals surface area contributed by atoms with Crippen molar-refractivity contribution in [1.29, 1.82) is 0 Å². The molecule has 0 atom stereocenters. The first-order chi connectivity index (χ1) is 7.25. The SMILES string of the molecule is Nc1ncc(N2Cc3nonc3C2=O)[nH]1. The van der Waals surface area contributed by atoms with E-state index in [0.29, 0.717) is 18.1 Å². The van der Waals surface area contributed by atoms with Gasteiger partial charge >= 0.3 is 0 Å². The Morgan fingerprint density at radius 3 is 3.07 bits per heavy atom. The second-order valence-corrected chi connectivity index (χ2v) is 3.10. The molecular formula is C7H6N6O2. The molecule has 0 bridgehead atoms. The van der Waals surface area contributed by atoms with Crippen molar-refractivity contribution in [3.05, 3.63) is 17.6 Å². The van der Waals surface area contributed by atoms with Crippen LogP contribution in [-0.2, 0) is 6.54 Å². The summed E-state index contributed by atoms with van der Waals surface area (Å²) < 4.78 is 4.45. The second-order valence-electron chi connectivity index (χ2n) is 3.10. The summed E-state index contributed by atoms with van der Waals surface area (Å²) >= 11 is 0. The van der Waals surface area contributed by atoms with Gasteiger partial charge in [-0.1, -0.05) is 5.16 Å². The van der Waals surface area contributed by atoms with E-state index in [1.807, 2.05) is 0 Å². The van der Waals surface area contributed by atoms with E-state index in [2.05, 4.69) is 24.9 Å². The van der Waals surface area contributed by atoms with E-state index in [1.165, 1.54) is 11.1 Å². The van der Waals surface area contributed by atoms with Crippen LogP contribution >= 0.6 is 0 Å². The molecule has 1 amide bonds. The Labute approximate surface area is 83.0 Å². The molecule has 0 radical (unpaired) electrons. The van der Waals surface area contributed by atoms with Gasteiger partial charge in [0.25, 0.3) is 5.91 Å². The number of nitrogens with zero attached hydrogens (tertiary/aromatic N) is 4. The topological polar surface area (TPSA) is 114 Å².